The Hall–Kier alpha value is -2.57. The van der Waals surface area contributed by atoms with Crippen LogP contribution in [0.5, 0.6) is 0 Å². The highest BCUT2D eigenvalue weighted by Crippen LogP contribution is 2.30. The Morgan fingerprint density at radius 1 is 1.12 bits per heavy atom. The summed E-state index contributed by atoms with van der Waals surface area (Å²) in [5.41, 5.74) is 0.108. The Bertz CT molecular complexity index is 993. The highest BCUT2D eigenvalue weighted by atomic mass is 35.5. The van der Waals surface area contributed by atoms with Crippen LogP contribution in [0.4, 0.5) is 11.4 Å². The number of hydrogen-bond acceptors (Lipinski definition) is 4. The number of amides is 1. The summed E-state index contributed by atoms with van der Waals surface area (Å²) in [6.45, 7) is 1.78. The molecule has 0 unspecified atom stereocenters. The quantitative estimate of drug-likeness (QED) is 0.356. The van der Waals surface area contributed by atoms with E-state index >= 15 is 0 Å². The van der Waals surface area contributed by atoms with Crippen LogP contribution < -0.4 is 5.32 Å². The zero-order valence-electron chi connectivity index (χ0n) is 13.8. The summed E-state index contributed by atoms with van der Waals surface area (Å²) < 4.78 is 0. The Kier molecular flexibility index (Phi) is 5.44. The number of hydrogen-bond donors (Lipinski definition) is 1. The number of nitrogens with one attached hydrogen (secondary N) is 1. The van der Waals surface area contributed by atoms with E-state index in [1.165, 1.54) is 30.0 Å². The predicted molar refractivity (Wildman–Crippen MR) is 106 cm³/mol. The average molecular weight is 387 g/mol. The summed E-state index contributed by atoms with van der Waals surface area (Å²) in [7, 11) is 0. The van der Waals surface area contributed by atoms with E-state index in [2.05, 4.69) is 5.32 Å². The first kappa shape index (κ1) is 18.2. The molecule has 0 aliphatic heterocycles. The smallest absolute Gasteiger partial charge is 0.271 e. The number of fused-ring (bicyclic) bond motifs is 1. The van der Waals surface area contributed by atoms with Crippen molar-refractivity contribution >= 4 is 51.4 Å². The minimum Gasteiger partial charge on any atom is -0.324 e. The van der Waals surface area contributed by atoms with Gasteiger partial charge in [-0.25, -0.2) is 0 Å². The molecule has 1 atom stereocenters. The largest absolute Gasteiger partial charge is 0.324 e. The lowest BCUT2D eigenvalue weighted by Crippen LogP contribution is -2.22. The van der Waals surface area contributed by atoms with Crippen molar-refractivity contribution in [3.63, 3.8) is 0 Å². The molecule has 0 radical (unpaired) electrons. The first-order valence-electron chi connectivity index (χ1n) is 7.84. The minimum absolute atomic E-state index is 0.125. The van der Waals surface area contributed by atoms with Gasteiger partial charge in [0.2, 0.25) is 5.91 Å². The summed E-state index contributed by atoms with van der Waals surface area (Å²) in [4.78, 5) is 23.8. The monoisotopic (exact) mass is 386 g/mol. The van der Waals surface area contributed by atoms with E-state index < -0.39 is 10.2 Å². The van der Waals surface area contributed by atoms with Crippen LogP contribution in [0.25, 0.3) is 10.8 Å². The lowest BCUT2D eigenvalue weighted by molar-refractivity contribution is -0.384. The van der Waals surface area contributed by atoms with E-state index in [4.69, 9.17) is 11.6 Å². The molecule has 1 N–H and O–H groups in total. The van der Waals surface area contributed by atoms with E-state index in [1.807, 2.05) is 42.5 Å². The Labute approximate surface area is 159 Å². The number of carbonyl (C=O) groups excluding carboxylic acids is 1. The molecule has 1 amide bonds. The molecule has 0 spiro atoms. The maximum atomic E-state index is 12.5. The van der Waals surface area contributed by atoms with Crippen molar-refractivity contribution in [2.24, 2.45) is 0 Å². The van der Waals surface area contributed by atoms with Crippen molar-refractivity contribution in [2.75, 3.05) is 5.32 Å². The van der Waals surface area contributed by atoms with Gasteiger partial charge < -0.3 is 5.32 Å². The van der Waals surface area contributed by atoms with E-state index in [0.717, 1.165) is 15.7 Å². The number of thioether (sulfide) groups is 1. The number of nitro groups is 1. The van der Waals surface area contributed by atoms with Gasteiger partial charge in [0, 0.05) is 17.0 Å². The fraction of sp³-hybridized carbons (Fsp3) is 0.105. The van der Waals surface area contributed by atoms with E-state index in [-0.39, 0.29) is 22.3 Å². The molecule has 7 heteroatoms. The fourth-order valence-electron chi connectivity index (χ4n) is 2.46. The maximum absolute atomic E-state index is 12.5. The zero-order valence-corrected chi connectivity index (χ0v) is 15.4. The second kappa shape index (κ2) is 7.76. The summed E-state index contributed by atoms with van der Waals surface area (Å²) in [5.74, 6) is -0.273. The molecule has 0 aliphatic carbocycles. The number of nitro benzene ring substituents is 1. The normalized spacial score (nSPS) is 11.9. The van der Waals surface area contributed by atoms with Crippen molar-refractivity contribution in [1.29, 1.82) is 0 Å². The van der Waals surface area contributed by atoms with Gasteiger partial charge in [0.25, 0.3) is 5.69 Å². The number of benzene rings is 3. The lowest BCUT2D eigenvalue weighted by atomic mass is 10.1. The molecule has 0 aliphatic rings. The third kappa shape index (κ3) is 4.15. The molecule has 0 saturated heterocycles. The maximum Gasteiger partial charge on any atom is 0.271 e. The van der Waals surface area contributed by atoms with Crippen molar-refractivity contribution in [3.8, 4) is 0 Å². The molecule has 5 nitrogen and oxygen atoms in total. The molecule has 3 aromatic carbocycles. The molecule has 3 rings (SSSR count). The Balaban J connectivity index is 1.73. The second-order valence-electron chi connectivity index (χ2n) is 5.68. The summed E-state index contributed by atoms with van der Waals surface area (Å²) in [6.07, 6.45) is 0. The van der Waals surface area contributed by atoms with E-state index in [0.29, 0.717) is 0 Å². The van der Waals surface area contributed by atoms with Crippen molar-refractivity contribution < 1.29 is 9.72 Å². The number of rotatable bonds is 5. The van der Waals surface area contributed by atoms with Crippen LogP contribution in [-0.4, -0.2) is 16.1 Å². The van der Waals surface area contributed by atoms with Crippen LogP contribution in [0, 0.1) is 10.1 Å². The van der Waals surface area contributed by atoms with Crippen LogP contribution in [0.15, 0.2) is 65.6 Å². The number of non-ortho nitro benzene ring substituents is 1. The zero-order chi connectivity index (χ0) is 18.7. The number of halogens is 1. The fourth-order valence-corrected chi connectivity index (χ4v) is 3.54. The first-order valence-corrected chi connectivity index (χ1v) is 9.10. The van der Waals surface area contributed by atoms with Crippen LogP contribution in [-0.2, 0) is 4.79 Å². The molecule has 0 heterocycles. The van der Waals surface area contributed by atoms with Gasteiger partial charge in [-0.05, 0) is 35.9 Å². The molecular weight excluding hydrogens is 372 g/mol. The molecule has 0 saturated carbocycles. The van der Waals surface area contributed by atoms with E-state index in [1.54, 1.807) is 6.92 Å². The molecule has 0 fully saturated rings. The van der Waals surface area contributed by atoms with Crippen LogP contribution in [0.2, 0.25) is 5.02 Å². The minimum atomic E-state index is -0.529. The molecule has 26 heavy (non-hydrogen) atoms. The Morgan fingerprint density at radius 3 is 2.58 bits per heavy atom. The van der Waals surface area contributed by atoms with E-state index in [9.17, 15) is 14.9 Å². The predicted octanol–water partition coefficient (Wildman–Crippen LogP) is 5.52. The molecular formula is C19H15ClN2O3S. The standard InChI is InChI=1S/C19H15ClN2O3S/c1-12(26-16-8-6-13-4-2-3-5-14(13)10-16)19(23)21-18-11-15(22(24)25)7-9-17(18)20/h2-12H,1H3,(H,21,23)/t12-/m0/s1. The molecule has 0 bridgehead atoms. The topological polar surface area (TPSA) is 72.2 Å². The van der Waals surface area contributed by atoms with Gasteiger partial charge in [-0.15, -0.1) is 11.8 Å². The van der Waals surface area contributed by atoms with Crippen LogP contribution in [0.1, 0.15) is 6.92 Å². The first-order chi connectivity index (χ1) is 12.4. The van der Waals surface area contributed by atoms with Gasteiger partial charge in [0.15, 0.2) is 0 Å². The third-order valence-corrected chi connectivity index (χ3v) is 5.24. The highest BCUT2D eigenvalue weighted by Gasteiger charge is 2.18. The summed E-state index contributed by atoms with van der Waals surface area (Å²) in [5, 5.41) is 15.6. The van der Waals surface area contributed by atoms with Crippen LogP contribution >= 0.6 is 23.4 Å². The van der Waals surface area contributed by atoms with Gasteiger partial charge >= 0.3 is 0 Å². The average Bonchev–Trinajstić information content (AvgIpc) is 2.63. The van der Waals surface area contributed by atoms with Gasteiger partial charge in [-0.1, -0.05) is 41.9 Å². The van der Waals surface area contributed by atoms with Gasteiger partial charge in [0.1, 0.15) is 0 Å². The van der Waals surface area contributed by atoms with Crippen molar-refractivity contribution in [1.82, 2.24) is 0 Å². The molecule has 3 aromatic rings. The van der Waals surface area contributed by atoms with Gasteiger partial charge in [-0.3, -0.25) is 14.9 Å². The van der Waals surface area contributed by atoms with Crippen molar-refractivity contribution in [2.45, 2.75) is 17.1 Å². The number of carbonyl (C=O) groups is 1. The molecule has 0 aromatic heterocycles. The highest BCUT2D eigenvalue weighted by molar-refractivity contribution is 8.00. The number of anilines is 1. The summed E-state index contributed by atoms with van der Waals surface area (Å²) >= 11 is 7.44. The third-order valence-electron chi connectivity index (χ3n) is 3.82. The van der Waals surface area contributed by atoms with Crippen LogP contribution in [0.3, 0.4) is 0 Å². The molecule has 132 valence electrons. The lowest BCUT2D eigenvalue weighted by Gasteiger charge is -2.13. The summed E-state index contributed by atoms with van der Waals surface area (Å²) in [6, 6.07) is 18.0. The van der Waals surface area contributed by atoms with Crippen molar-refractivity contribution in [3.05, 3.63) is 75.8 Å². The Morgan fingerprint density at radius 2 is 1.85 bits per heavy atom. The number of nitrogens with zero attached hydrogens (tertiary/aromatic N) is 1. The SMILES string of the molecule is C[C@H](Sc1ccc2ccccc2c1)C(=O)Nc1cc([N+](=O)[O-])ccc1Cl. The van der Waals surface area contributed by atoms with Gasteiger partial charge in [0.05, 0.1) is 20.9 Å². The van der Waals surface area contributed by atoms with Gasteiger partial charge in [-0.2, -0.15) is 0 Å². The second-order valence-corrected chi connectivity index (χ2v) is 7.50.